The Morgan fingerprint density at radius 1 is 0.902 bits per heavy atom. The molecule has 0 spiro atoms. The van der Waals surface area contributed by atoms with Gasteiger partial charge in [-0.25, -0.2) is 18.1 Å². The molecule has 264 valence electrons. The van der Waals surface area contributed by atoms with E-state index in [1.165, 1.54) is 29.8 Å². The zero-order chi connectivity index (χ0) is 36.1. The third-order valence-electron chi connectivity index (χ3n) is 9.24. The van der Waals surface area contributed by atoms with E-state index in [9.17, 15) is 18.0 Å². The Labute approximate surface area is 313 Å². The molecule has 0 aliphatic carbocycles. The van der Waals surface area contributed by atoms with Crippen LogP contribution in [-0.2, 0) is 23.0 Å². The normalized spacial score (nSPS) is 12.8. The molecule has 1 aromatic heterocycles. The van der Waals surface area contributed by atoms with Crippen molar-refractivity contribution in [3.63, 3.8) is 0 Å². The minimum atomic E-state index is -4.28. The van der Waals surface area contributed by atoms with Crippen LogP contribution < -0.4 is 9.62 Å². The second kappa shape index (κ2) is 16.0. The molecule has 5 aromatic rings. The molecule has 0 saturated carbocycles. The number of halogens is 2. The van der Waals surface area contributed by atoms with Gasteiger partial charge in [0.1, 0.15) is 5.82 Å². The maximum Gasteiger partial charge on any atom is 0.265 e. The van der Waals surface area contributed by atoms with Gasteiger partial charge < -0.3 is 9.80 Å². The van der Waals surface area contributed by atoms with Gasteiger partial charge in [0.05, 0.1) is 10.6 Å². The predicted molar refractivity (Wildman–Crippen MR) is 208 cm³/mol. The maximum absolute atomic E-state index is 14.5. The fourth-order valence-corrected chi connectivity index (χ4v) is 8.04. The highest BCUT2D eigenvalue weighted by Gasteiger charge is 2.28. The van der Waals surface area contributed by atoms with E-state index in [4.69, 9.17) is 16.6 Å². The fourth-order valence-electron chi connectivity index (χ4n) is 6.36. The number of nitrogens with zero attached hydrogens (tertiary/aromatic N) is 3. The zero-order valence-corrected chi connectivity index (χ0v) is 31.8. The highest BCUT2D eigenvalue weighted by Crippen LogP contribution is 2.34. The van der Waals surface area contributed by atoms with E-state index >= 15 is 0 Å². The van der Waals surface area contributed by atoms with Crippen LogP contribution in [0.15, 0.2) is 100 Å². The van der Waals surface area contributed by atoms with E-state index in [-0.39, 0.29) is 21.9 Å². The lowest BCUT2D eigenvalue weighted by Gasteiger charge is -2.30. The molecule has 2 heterocycles. The van der Waals surface area contributed by atoms with E-state index in [1.54, 1.807) is 29.2 Å². The molecule has 0 saturated heterocycles. The molecule has 1 aliphatic heterocycles. The van der Waals surface area contributed by atoms with Crippen molar-refractivity contribution in [3.05, 3.63) is 123 Å². The number of pyridine rings is 1. The van der Waals surface area contributed by atoms with Gasteiger partial charge in [-0.2, -0.15) is 0 Å². The minimum Gasteiger partial charge on any atom is -0.357 e. The molecular formula is C40H40BrClN4O4S. The number of sulfonamides is 1. The number of benzene rings is 4. The Kier molecular flexibility index (Phi) is 11.4. The van der Waals surface area contributed by atoms with Gasteiger partial charge in [0, 0.05) is 57.8 Å². The Hall–Kier alpha value is -4.25. The fraction of sp³-hybridized carbons (Fsp3) is 0.275. The van der Waals surface area contributed by atoms with Gasteiger partial charge in [0.15, 0.2) is 0 Å². The number of rotatable bonds is 12. The molecule has 0 fully saturated rings. The molecular weight excluding hydrogens is 748 g/mol. The summed E-state index contributed by atoms with van der Waals surface area (Å²) in [6.45, 7) is 6.97. The summed E-state index contributed by atoms with van der Waals surface area (Å²) in [6.07, 6.45) is 4.85. The van der Waals surface area contributed by atoms with Gasteiger partial charge in [-0.15, -0.1) is 0 Å². The standard InChI is InChI=1S/C40H40BrClN4O4S/c1-3-5-21-45(22-6-4-2)37-19-18-35(41)38(43-37)32-17-15-29(24-34(32)40(48)46-23-20-27-10-7-8-11-30(27)26-46)39(47)44-51(49,50)31-16-14-28-12-9-13-36(42)33(28)25-31/h7-19,24-25H,3-6,20-23,26H2,1-2H3,(H,44,47). The summed E-state index contributed by atoms with van der Waals surface area (Å²) in [7, 11) is -4.28. The molecule has 2 amide bonds. The first-order valence-corrected chi connectivity index (χ1v) is 19.9. The van der Waals surface area contributed by atoms with Crippen LogP contribution >= 0.6 is 27.5 Å². The Balaban J connectivity index is 1.39. The van der Waals surface area contributed by atoms with Crippen molar-refractivity contribution in [3.8, 4) is 11.3 Å². The summed E-state index contributed by atoms with van der Waals surface area (Å²) >= 11 is 10.0. The van der Waals surface area contributed by atoms with Crippen molar-refractivity contribution in [2.45, 2.75) is 57.4 Å². The number of carbonyl (C=O) groups excluding carboxylic acids is 2. The number of hydrogen-bond donors (Lipinski definition) is 1. The van der Waals surface area contributed by atoms with Crippen molar-refractivity contribution in [2.24, 2.45) is 0 Å². The van der Waals surface area contributed by atoms with E-state index in [0.717, 1.165) is 55.5 Å². The molecule has 0 unspecified atom stereocenters. The van der Waals surface area contributed by atoms with Gasteiger partial charge in [-0.3, -0.25) is 9.59 Å². The molecule has 51 heavy (non-hydrogen) atoms. The Morgan fingerprint density at radius 2 is 1.65 bits per heavy atom. The second-order valence-corrected chi connectivity index (χ2v) is 15.7. The summed E-state index contributed by atoms with van der Waals surface area (Å²) in [5.41, 5.74) is 3.67. The SMILES string of the molecule is CCCCN(CCCC)c1ccc(Br)c(-c2ccc(C(=O)NS(=O)(=O)c3ccc4cccc(Cl)c4c3)cc2C(=O)N2CCc3ccccc3C2)n1. The average Bonchev–Trinajstić information content (AvgIpc) is 3.14. The van der Waals surface area contributed by atoms with E-state index in [0.29, 0.717) is 45.6 Å². The quantitative estimate of drug-likeness (QED) is 0.136. The van der Waals surface area contributed by atoms with E-state index in [2.05, 4.69) is 45.5 Å². The van der Waals surface area contributed by atoms with Gasteiger partial charge in [0.25, 0.3) is 21.8 Å². The summed E-state index contributed by atoms with van der Waals surface area (Å²) in [4.78, 5) is 37.2. The number of aromatic nitrogens is 1. The number of hydrogen-bond acceptors (Lipinski definition) is 6. The highest BCUT2D eigenvalue weighted by atomic mass is 79.9. The average molecular weight is 788 g/mol. The minimum absolute atomic E-state index is 0.0294. The smallest absolute Gasteiger partial charge is 0.265 e. The molecule has 1 aliphatic rings. The number of amides is 2. The van der Waals surface area contributed by atoms with Crippen LogP contribution in [-0.4, -0.2) is 49.8 Å². The molecule has 1 N–H and O–H groups in total. The van der Waals surface area contributed by atoms with Crippen LogP contribution in [0.2, 0.25) is 5.02 Å². The molecule has 0 radical (unpaired) electrons. The van der Waals surface area contributed by atoms with Crippen molar-refractivity contribution in [1.82, 2.24) is 14.6 Å². The van der Waals surface area contributed by atoms with Gasteiger partial charge >= 0.3 is 0 Å². The summed E-state index contributed by atoms with van der Waals surface area (Å²) < 4.78 is 29.8. The summed E-state index contributed by atoms with van der Waals surface area (Å²) in [5.74, 6) is -0.317. The van der Waals surface area contributed by atoms with Gasteiger partial charge in [0.2, 0.25) is 0 Å². The topological polar surface area (TPSA) is 99.7 Å². The molecule has 0 bridgehead atoms. The second-order valence-electron chi connectivity index (χ2n) is 12.8. The lowest BCUT2D eigenvalue weighted by atomic mass is 9.96. The van der Waals surface area contributed by atoms with Crippen LogP contribution in [0.3, 0.4) is 0 Å². The van der Waals surface area contributed by atoms with Gasteiger partial charge in [-0.1, -0.05) is 86.8 Å². The lowest BCUT2D eigenvalue weighted by molar-refractivity contribution is 0.0735. The highest BCUT2D eigenvalue weighted by molar-refractivity contribution is 9.10. The first-order valence-electron chi connectivity index (χ1n) is 17.3. The summed E-state index contributed by atoms with van der Waals surface area (Å²) in [6, 6.07) is 26.5. The first-order chi connectivity index (χ1) is 24.6. The van der Waals surface area contributed by atoms with Crippen molar-refractivity contribution >= 4 is 66.0 Å². The number of fused-ring (bicyclic) bond motifs is 2. The number of unbranched alkanes of at least 4 members (excludes halogenated alkanes) is 2. The molecule has 6 rings (SSSR count). The summed E-state index contributed by atoms with van der Waals surface area (Å²) in [5, 5.41) is 1.73. The van der Waals surface area contributed by atoms with Crippen LogP contribution in [0.25, 0.3) is 22.0 Å². The molecule has 0 atom stereocenters. The number of carbonyl (C=O) groups is 2. The van der Waals surface area contributed by atoms with Crippen molar-refractivity contribution in [2.75, 3.05) is 24.5 Å². The van der Waals surface area contributed by atoms with Crippen LogP contribution in [0.5, 0.6) is 0 Å². The van der Waals surface area contributed by atoms with E-state index < -0.39 is 15.9 Å². The van der Waals surface area contributed by atoms with Crippen LogP contribution in [0.4, 0.5) is 5.82 Å². The van der Waals surface area contributed by atoms with Gasteiger partial charge in [-0.05, 0) is 94.2 Å². The van der Waals surface area contributed by atoms with Crippen molar-refractivity contribution < 1.29 is 18.0 Å². The van der Waals surface area contributed by atoms with Crippen molar-refractivity contribution in [1.29, 1.82) is 0 Å². The predicted octanol–water partition coefficient (Wildman–Crippen LogP) is 9.04. The number of anilines is 1. The molecule has 4 aromatic carbocycles. The zero-order valence-electron chi connectivity index (χ0n) is 28.7. The monoisotopic (exact) mass is 786 g/mol. The largest absolute Gasteiger partial charge is 0.357 e. The Bertz CT molecular complexity index is 2200. The first kappa shape index (κ1) is 36.5. The molecule has 8 nitrogen and oxygen atoms in total. The van der Waals surface area contributed by atoms with E-state index in [1.807, 2.05) is 36.4 Å². The molecule has 11 heteroatoms. The lowest BCUT2D eigenvalue weighted by Crippen LogP contribution is -2.36. The maximum atomic E-state index is 14.5. The number of nitrogens with one attached hydrogen (secondary N) is 1. The van der Waals surface area contributed by atoms with Crippen LogP contribution in [0.1, 0.15) is 71.4 Å². The van der Waals surface area contributed by atoms with Crippen LogP contribution in [0, 0.1) is 0 Å². The third-order valence-corrected chi connectivity index (χ3v) is 11.5. The Morgan fingerprint density at radius 3 is 2.39 bits per heavy atom. The third kappa shape index (κ3) is 8.14.